The van der Waals surface area contributed by atoms with Gasteiger partial charge in [-0.25, -0.2) is 9.80 Å². The van der Waals surface area contributed by atoms with E-state index in [1.807, 2.05) is 67.4 Å². The van der Waals surface area contributed by atoms with Gasteiger partial charge in [-0.1, -0.05) is 24.3 Å². The quantitative estimate of drug-likeness (QED) is 0.422. The number of esters is 1. The Kier molecular flexibility index (Phi) is 6.31. The summed E-state index contributed by atoms with van der Waals surface area (Å²) >= 11 is 0. The molecule has 0 spiro atoms. The van der Waals surface area contributed by atoms with Crippen LogP contribution in [-0.2, 0) is 4.74 Å². The molecule has 2 heterocycles. The number of carbonyl (C=O) groups is 1. The molecule has 7 nitrogen and oxygen atoms in total. The second kappa shape index (κ2) is 9.70. The van der Waals surface area contributed by atoms with E-state index in [1.54, 1.807) is 12.1 Å². The van der Waals surface area contributed by atoms with Gasteiger partial charge < -0.3 is 18.9 Å². The van der Waals surface area contributed by atoms with Crippen molar-refractivity contribution in [2.75, 3.05) is 20.3 Å². The van der Waals surface area contributed by atoms with Crippen molar-refractivity contribution in [3.8, 4) is 17.2 Å². The van der Waals surface area contributed by atoms with Gasteiger partial charge in [0.25, 0.3) is 0 Å². The minimum absolute atomic E-state index is 0.00833. The van der Waals surface area contributed by atoms with Crippen LogP contribution in [0.2, 0.25) is 0 Å². The molecule has 0 bridgehead atoms. The fraction of sp³-hybridized carbons (Fsp3) is 0.286. The summed E-state index contributed by atoms with van der Waals surface area (Å²) in [4.78, 5) is 11.9. The third-order valence-electron chi connectivity index (χ3n) is 6.20. The average Bonchev–Trinajstić information content (AvgIpc) is 3.35. The lowest BCUT2D eigenvalue weighted by molar-refractivity contribution is -0.0212. The molecule has 2 aliphatic rings. The highest BCUT2D eigenvalue weighted by Gasteiger charge is 2.42. The number of nitrogens with zero attached hydrogens (tertiary/aromatic N) is 2. The van der Waals surface area contributed by atoms with E-state index in [4.69, 9.17) is 24.0 Å². The van der Waals surface area contributed by atoms with Gasteiger partial charge >= 0.3 is 5.97 Å². The number of hydrogen-bond acceptors (Lipinski definition) is 7. The van der Waals surface area contributed by atoms with Crippen LogP contribution in [0.5, 0.6) is 17.2 Å². The molecule has 0 N–H and O–H groups in total. The standard InChI is InChI=1S/C28H28N2O5/c1-4-33-21-15-13-18(14-16-21)23-17-24-22-7-6-8-25(34-5-2)26(22)35-27(30(24)29-23)19-9-11-20(12-10-19)28(31)32-3/h6-16,24,27H,4-5,17H2,1-3H3/t24-,27+/m0/s1. The number of benzene rings is 3. The maximum Gasteiger partial charge on any atom is 0.337 e. The Morgan fingerprint density at radius 1 is 1.00 bits per heavy atom. The molecule has 0 aliphatic carbocycles. The second-order valence-corrected chi connectivity index (χ2v) is 8.30. The first-order valence-corrected chi connectivity index (χ1v) is 11.8. The minimum atomic E-state index is -0.471. The number of rotatable bonds is 7. The van der Waals surface area contributed by atoms with Crippen LogP contribution in [0.25, 0.3) is 0 Å². The van der Waals surface area contributed by atoms with Crippen molar-refractivity contribution in [2.24, 2.45) is 5.10 Å². The van der Waals surface area contributed by atoms with Crippen LogP contribution in [0.15, 0.2) is 71.8 Å². The van der Waals surface area contributed by atoms with E-state index in [9.17, 15) is 4.79 Å². The Morgan fingerprint density at radius 2 is 1.74 bits per heavy atom. The normalized spacial score (nSPS) is 18.1. The molecular weight excluding hydrogens is 444 g/mol. The van der Waals surface area contributed by atoms with E-state index in [1.165, 1.54) is 7.11 Å². The summed E-state index contributed by atoms with van der Waals surface area (Å²) in [6.45, 7) is 5.10. The molecule has 35 heavy (non-hydrogen) atoms. The van der Waals surface area contributed by atoms with Crippen molar-refractivity contribution in [2.45, 2.75) is 32.5 Å². The predicted molar refractivity (Wildman–Crippen MR) is 132 cm³/mol. The third-order valence-corrected chi connectivity index (χ3v) is 6.20. The molecule has 0 radical (unpaired) electrons. The van der Waals surface area contributed by atoms with Crippen LogP contribution in [-0.4, -0.2) is 37.0 Å². The van der Waals surface area contributed by atoms with Crippen molar-refractivity contribution < 1.29 is 23.7 Å². The van der Waals surface area contributed by atoms with E-state index in [0.29, 0.717) is 18.8 Å². The molecular formula is C28H28N2O5. The maximum absolute atomic E-state index is 11.9. The maximum atomic E-state index is 11.9. The molecule has 0 aromatic heterocycles. The number of carbonyl (C=O) groups excluding carboxylic acids is 1. The summed E-state index contributed by atoms with van der Waals surface area (Å²) < 4.78 is 22.9. The summed E-state index contributed by atoms with van der Waals surface area (Å²) in [6.07, 6.45) is 0.262. The highest BCUT2D eigenvalue weighted by molar-refractivity contribution is 6.02. The summed E-state index contributed by atoms with van der Waals surface area (Å²) in [7, 11) is 1.37. The van der Waals surface area contributed by atoms with Gasteiger partial charge in [0.1, 0.15) is 5.75 Å². The number of fused-ring (bicyclic) bond motifs is 3. The highest BCUT2D eigenvalue weighted by Crippen LogP contribution is 2.50. The molecule has 2 atom stereocenters. The number of hydrazone groups is 1. The number of para-hydroxylation sites is 1. The van der Waals surface area contributed by atoms with Gasteiger partial charge in [0.15, 0.2) is 11.5 Å². The van der Waals surface area contributed by atoms with Gasteiger partial charge in [-0.3, -0.25) is 0 Å². The van der Waals surface area contributed by atoms with Crippen LogP contribution in [0.4, 0.5) is 0 Å². The van der Waals surface area contributed by atoms with Crippen molar-refractivity contribution in [1.29, 1.82) is 0 Å². The molecule has 3 aromatic carbocycles. The molecule has 2 aliphatic heterocycles. The average molecular weight is 473 g/mol. The first-order valence-electron chi connectivity index (χ1n) is 11.8. The molecule has 0 fully saturated rings. The van der Waals surface area contributed by atoms with Gasteiger partial charge in [-0.05, 0) is 61.9 Å². The molecule has 3 aromatic rings. The summed E-state index contributed by atoms with van der Waals surface area (Å²) in [6, 6.07) is 21.3. The monoisotopic (exact) mass is 472 g/mol. The Bertz CT molecular complexity index is 1240. The van der Waals surface area contributed by atoms with E-state index >= 15 is 0 Å². The first-order chi connectivity index (χ1) is 17.1. The zero-order chi connectivity index (χ0) is 24.4. The minimum Gasteiger partial charge on any atom is -0.494 e. The van der Waals surface area contributed by atoms with E-state index in [2.05, 4.69) is 6.07 Å². The number of ether oxygens (including phenoxy) is 4. The molecule has 0 saturated carbocycles. The summed E-state index contributed by atoms with van der Waals surface area (Å²) in [5.74, 6) is 1.92. The van der Waals surface area contributed by atoms with E-state index in [-0.39, 0.29) is 12.0 Å². The van der Waals surface area contributed by atoms with E-state index in [0.717, 1.165) is 46.1 Å². The topological polar surface area (TPSA) is 69.6 Å². The van der Waals surface area contributed by atoms with Crippen LogP contribution >= 0.6 is 0 Å². The van der Waals surface area contributed by atoms with Crippen molar-refractivity contribution in [1.82, 2.24) is 5.01 Å². The lowest BCUT2D eigenvalue weighted by atomic mass is 9.95. The van der Waals surface area contributed by atoms with Crippen LogP contribution in [0.1, 0.15) is 59.6 Å². The molecule has 0 amide bonds. The smallest absolute Gasteiger partial charge is 0.337 e. The van der Waals surface area contributed by atoms with Crippen LogP contribution in [0, 0.1) is 0 Å². The zero-order valence-electron chi connectivity index (χ0n) is 20.1. The molecule has 180 valence electrons. The molecule has 0 unspecified atom stereocenters. The Hall–Kier alpha value is -4.00. The fourth-order valence-corrected chi connectivity index (χ4v) is 4.56. The lowest BCUT2D eigenvalue weighted by Crippen LogP contribution is -2.34. The SMILES string of the molecule is CCOc1ccc(C2=NN3[C@@H](c4ccc(C(=O)OC)cc4)Oc4c(OCC)cccc4[C@@H]3C2)cc1. The zero-order valence-corrected chi connectivity index (χ0v) is 20.1. The van der Waals surface area contributed by atoms with Gasteiger partial charge in [-0.15, -0.1) is 0 Å². The van der Waals surface area contributed by atoms with Crippen molar-refractivity contribution in [3.05, 3.63) is 89.0 Å². The van der Waals surface area contributed by atoms with E-state index < -0.39 is 6.23 Å². The third kappa shape index (κ3) is 4.30. The Balaban J connectivity index is 1.54. The number of hydrogen-bond donors (Lipinski definition) is 0. The Morgan fingerprint density at radius 3 is 2.43 bits per heavy atom. The fourth-order valence-electron chi connectivity index (χ4n) is 4.56. The summed E-state index contributed by atoms with van der Waals surface area (Å²) in [5.41, 5.74) is 4.44. The van der Waals surface area contributed by atoms with Gasteiger partial charge in [-0.2, -0.15) is 5.10 Å². The summed E-state index contributed by atoms with van der Waals surface area (Å²) in [5, 5.41) is 7.02. The van der Waals surface area contributed by atoms with Crippen molar-refractivity contribution >= 4 is 11.7 Å². The van der Waals surface area contributed by atoms with Gasteiger partial charge in [0.2, 0.25) is 6.23 Å². The molecule has 5 rings (SSSR count). The second-order valence-electron chi connectivity index (χ2n) is 8.30. The number of methoxy groups -OCH3 is 1. The molecule has 7 heteroatoms. The largest absolute Gasteiger partial charge is 0.494 e. The lowest BCUT2D eigenvalue weighted by Gasteiger charge is -2.38. The molecule has 0 saturated heterocycles. The predicted octanol–water partition coefficient (Wildman–Crippen LogP) is 5.51. The van der Waals surface area contributed by atoms with Crippen LogP contribution in [0.3, 0.4) is 0 Å². The van der Waals surface area contributed by atoms with Crippen molar-refractivity contribution in [3.63, 3.8) is 0 Å². The van der Waals surface area contributed by atoms with Crippen LogP contribution < -0.4 is 14.2 Å². The Labute approximate surface area is 204 Å². The van der Waals surface area contributed by atoms with Gasteiger partial charge in [0.05, 0.1) is 37.6 Å². The first kappa shape index (κ1) is 22.8. The van der Waals surface area contributed by atoms with Gasteiger partial charge in [0, 0.05) is 17.5 Å². The highest BCUT2D eigenvalue weighted by atomic mass is 16.5.